The first-order valence-corrected chi connectivity index (χ1v) is 17.6. The predicted molar refractivity (Wildman–Crippen MR) is 211 cm³/mol. The average Bonchev–Trinajstić information content (AvgIpc) is 3.74. The zero-order valence-electron chi connectivity index (χ0n) is 27.0. The first-order valence-electron chi connectivity index (χ1n) is 16.8. The highest BCUT2D eigenvalue weighted by Gasteiger charge is 2.17. The number of hydrogen-bond acceptors (Lipinski definition) is 3. The van der Waals surface area contributed by atoms with E-state index in [4.69, 9.17) is 9.97 Å². The molecule has 0 bridgehead atoms. The molecule has 0 N–H and O–H groups in total. The molecule has 0 aliphatic heterocycles. The maximum atomic E-state index is 5.23. The molecule has 10 rings (SSSR count). The number of para-hydroxylation sites is 2. The van der Waals surface area contributed by atoms with Crippen LogP contribution in [0.4, 0.5) is 0 Å². The van der Waals surface area contributed by atoms with Gasteiger partial charge in [0, 0.05) is 53.3 Å². The van der Waals surface area contributed by atoms with Crippen molar-refractivity contribution in [2.24, 2.45) is 0 Å². The second-order valence-electron chi connectivity index (χ2n) is 12.6. The van der Waals surface area contributed by atoms with E-state index in [2.05, 4.69) is 162 Å². The third-order valence-corrected chi connectivity index (χ3v) is 10.8. The van der Waals surface area contributed by atoms with Crippen LogP contribution in [0.5, 0.6) is 0 Å². The molecule has 0 radical (unpaired) electrons. The maximum absolute atomic E-state index is 5.23. The van der Waals surface area contributed by atoms with Crippen molar-refractivity contribution in [1.29, 1.82) is 0 Å². The summed E-state index contributed by atoms with van der Waals surface area (Å²) < 4.78 is 4.96. The van der Waals surface area contributed by atoms with Crippen molar-refractivity contribution >= 4 is 53.3 Å². The standard InChI is InChI=1S/C46H29N3S/c1-2-13-30(14-3-1)46-47-40(32-15-12-16-33(27-32)49-42-22-9-6-19-36(42)37-20-7-10-23-43(37)49)29-41(48-46)35-18-5-4-17-34(35)31-25-26-45-39(28-31)38-21-8-11-24-44(38)50-45/h1-29H. The fourth-order valence-electron chi connectivity index (χ4n) is 7.31. The van der Waals surface area contributed by atoms with Crippen LogP contribution in [0.1, 0.15) is 0 Å². The van der Waals surface area contributed by atoms with Crippen molar-refractivity contribution in [2.75, 3.05) is 0 Å². The molecule has 7 aromatic carbocycles. The minimum absolute atomic E-state index is 0.703. The van der Waals surface area contributed by atoms with E-state index in [9.17, 15) is 0 Å². The molecule has 3 aromatic heterocycles. The minimum Gasteiger partial charge on any atom is -0.309 e. The lowest BCUT2D eigenvalue weighted by Gasteiger charge is -2.14. The molecule has 3 heterocycles. The molecule has 0 spiro atoms. The smallest absolute Gasteiger partial charge is 0.160 e. The van der Waals surface area contributed by atoms with Gasteiger partial charge < -0.3 is 4.57 Å². The van der Waals surface area contributed by atoms with Gasteiger partial charge in [0.05, 0.1) is 22.4 Å². The van der Waals surface area contributed by atoms with Crippen molar-refractivity contribution in [1.82, 2.24) is 14.5 Å². The predicted octanol–water partition coefficient (Wildman–Crippen LogP) is 12.6. The Bertz CT molecular complexity index is 2830. The quantitative estimate of drug-likeness (QED) is 0.185. The van der Waals surface area contributed by atoms with Crippen molar-refractivity contribution in [3.63, 3.8) is 0 Å². The van der Waals surface area contributed by atoms with E-state index in [1.807, 2.05) is 29.5 Å². The second-order valence-corrected chi connectivity index (χ2v) is 13.7. The SMILES string of the molecule is c1ccc(-c2nc(-c3cccc(-n4c5ccccc5c5ccccc54)c3)cc(-c3ccccc3-c3ccc4sc5ccccc5c4c3)n2)cc1. The van der Waals surface area contributed by atoms with E-state index >= 15 is 0 Å². The van der Waals surface area contributed by atoms with Gasteiger partial charge in [-0.2, -0.15) is 0 Å². The van der Waals surface area contributed by atoms with E-state index in [1.165, 1.54) is 47.5 Å². The molecule has 0 saturated carbocycles. The monoisotopic (exact) mass is 655 g/mol. The molecule has 234 valence electrons. The van der Waals surface area contributed by atoms with Crippen LogP contribution < -0.4 is 0 Å². The molecule has 4 heteroatoms. The molecule has 0 fully saturated rings. The lowest BCUT2D eigenvalue weighted by molar-refractivity contribution is 1.16. The fraction of sp³-hybridized carbons (Fsp3) is 0. The molecule has 10 aromatic rings. The lowest BCUT2D eigenvalue weighted by Crippen LogP contribution is -1.98. The van der Waals surface area contributed by atoms with Crippen molar-refractivity contribution in [2.45, 2.75) is 0 Å². The summed E-state index contributed by atoms with van der Waals surface area (Å²) in [7, 11) is 0. The number of rotatable bonds is 5. The zero-order valence-corrected chi connectivity index (χ0v) is 27.8. The van der Waals surface area contributed by atoms with E-state index in [0.29, 0.717) is 5.82 Å². The summed E-state index contributed by atoms with van der Waals surface area (Å²) in [6, 6.07) is 62.5. The van der Waals surface area contributed by atoms with Gasteiger partial charge in [0.25, 0.3) is 0 Å². The number of nitrogens with zero attached hydrogens (tertiary/aromatic N) is 3. The summed E-state index contributed by atoms with van der Waals surface area (Å²) in [5.41, 5.74) is 10.6. The summed E-state index contributed by atoms with van der Waals surface area (Å²) in [6.45, 7) is 0. The second kappa shape index (κ2) is 11.7. The molecule has 50 heavy (non-hydrogen) atoms. The van der Waals surface area contributed by atoms with Crippen molar-refractivity contribution < 1.29 is 0 Å². The number of hydrogen-bond donors (Lipinski definition) is 0. The molecule has 0 unspecified atom stereocenters. The molecule has 0 aliphatic carbocycles. The highest BCUT2D eigenvalue weighted by atomic mass is 32.1. The van der Waals surface area contributed by atoms with Gasteiger partial charge in [-0.05, 0) is 59.7 Å². The van der Waals surface area contributed by atoms with Crippen LogP contribution in [0.15, 0.2) is 176 Å². The van der Waals surface area contributed by atoms with Gasteiger partial charge in [-0.3, -0.25) is 0 Å². The van der Waals surface area contributed by atoms with Crippen LogP contribution in [-0.2, 0) is 0 Å². The summed E-state index contributed by atoms with van der Waals surface area (Å²) >= 11 is 1.84. The van der Waals surface area contributed by atoms with Crippen LogP contribution in [-0.4, -0.2) is 14.5 Å². The van der Waals surface area contributed by atoms with Crippen LogP contribution in [0.2, 0.25) is 0 Å². The van der Waals surface area contributed by atoms with E-state index in [0.717, 1.165) is 39.3 Å². The van der Waals surface area contributed by atoms with Gasteiger partial charge in [0.2, 0.25) is 0 Å². The molecule has 0 atom stereocenters. The van der Waals surface area contributed by atoms with Gasteiger partial charge in [-0.15, -0.1) is 11.3 Å². The van der Waals surface area contributed by atoms with Gasteiger partial charge in [-0.25, -0.2) is 9.97 Å². The third kappa shape index (κ3) is 4.73. The largest absolute Gasteiger partial charge is 0.309 e. The van der Waals surface area contributed by atoms with Crippen LogP contribution >= 0.6 is 11.3 Å². The normalized spacial score (nSPS) is 11.6. The Morgan fingerprint density at radius 2 is 1.00 bits per heavy atom. The Hall–Kier alpha value is -6.36. The number of benzene rings is 7. The maximum Gasteiger partial charge on any atom is 0.160 e. The molecule has 0 aliphatic rings. The summed E-state index contributed by atoms with van der Waals surface area (Å²) in [5, 5.41) is 5.07. The number of thiophene rings is 1. The van der Waals surface area contributed by atoms with E-state index in [-0.39, 0.29) is 0 Å². The molecule has 0 saturated heterocycles. The highest BCUT2D eigenvalue weighted by Crippen LogP contribution is 2.40. The lowest BCUT2D eigenvalue weighted by atomic mass is 9.95. The van der Waals surface area contributed by atoms with Gasteiger partial charge >= 0.3 is 0 Å². The van der Waals surface area contributed by atoms with E-state index in [1.54, 1.807) is 0 Å². The van der Waals surface area contributed by atoms with Gasteiger partial charge in [0.15, 0.2) is 5.82 Å². The Morgan fingerprint density at radius 1 is 0.380 bits per heavy atom. The zero-order chi connectivity index (χ0) is 33.0. The first-order chi connectivity index (χ1) is 24.8. The summed E-state index contributed by atoms with van der Waals surface area (Å²) in [4.78, 5) is 10.4. The Labute approximate surface area is 293 Å². The Kier molecular flexibility index (Phi) is 6.68. The fourth-order valence-corrected chi connectivity index (χ4v) is 8.39. The number of fused-ring (bicyclic) bond motifs is 6. The Balaban J connectivity index is 1.16. The molecular formula is C46H29N3S. The Morgan fingerprint density at radius 3 is 1.80 bits per heavy atom. The third-order valence-electron chi connectivity index (χ3n) is 9.63. The number of aromatic nitrogens is 3. The molecule has 0 amide bonds. The minimum atomic E-state index is 0.703. The highest BCUT2D eigenvalue weighted by molar-refractivity contribution is 7.25. The summed E-state index contributed by atoms with van der Waals surface area (Å²) in [5.74, 6) is 0.703. The van der Waals surface area contributed by atoms with Crippen LogP contribution in [0.3, 0.4) is 0 Å². The molecular weight excluding hydrogens is 627 g/mol. The summed E-state index contributed by atoms with van der Waals surface area (Å²) in [6.07, 6.45) is 0. The van der Waals surface area contributed by atoms with Crippen molar-refractivity contribution in [3.05, 3.63) is 176 Å². The topological polar surface area (TPSA) is 30.7 Å². The van der Waals surface area contributed by atoms with Gasteiger partial charge in [0.1, 0.15) is 0 Å². The van der Waals surface area contributed by atoms with Gasteiger partial charge in [-0.1, -0.05) is 127 Å². The van der Waals surface area contributed by atoms with Crippen molar-refractivity contribution in [3.8, 4) is 50.7 Å². The van der Waals surface area contributed by atoms with Crippen LogP contribution in [0.25, 0.3) is 92.7 Å². The molecule has 3 nitrogen and oxygen atoms in total. The van der Waals surface area contributed by atoms with E-state index < -0.39 is 0 Å². The average molecular weight is 656 g/mol. The van der Waals surface area contributed by atoms with Crippen LogP contribution in [0, 0.1) is 0 Å². The first kappa shape index (κ1) is 28.6.